The molecule has 3 fully saturated rings. The fourth-order valence-corrected chi connectivity index (χ4v) is 6.68. The summed E-state index contributed by atoms with van der Waals surface area (Å²) in [5.74, 6) is 1.31. The Kier molecular flexibility index (Phi) is 6.61. The molecule has 0 radical (unpaired) electrons. The van der Waals surface area contributed by atoms with E-state index in [0.29, 0.717) is 11.5 Å². The van der Waals surface area contributed by atoms with Gasteiger partial charge >= 0.3 is 0 Å². The number of carbonyl (C=O) groups is 2. The first-order valence-corrected chi connectivity index (χ1v) is 12.1. The molecule has 28 heavy (non-hydrogen) atoms. The van der Waals surface area contributed by atoms with Gasteiger partial charge < -0.3 is 10.2 Å². The van der Waals surface area contributed by atoms with Crippen molar-refractivity contribution in [2.24, 2.45) is 5.92 Å². The molecule has 2 amide bonds. The Morgan fingerprint density at radius 2 is 1.54 bits per heavy atom. The number of amides is 2. The summed E-state index contributed by atoms with van der Waals surface area (Å²) in [6.07, 6.45) is 11.9. The fourth-order valence-electron chi connectivity index (χ4n) is 5.04. The molecule has 1 saturated heterocycles. The minimum Gasteiger partial charge on any atom is -0.352 e. The number of nitrogens with zero attached hydrogens (tertiary/aromatic N) is 1. The van der Waals surface area contributed by atoms with Gasteiger partial charge in [-0.25, -0.2) is 0 Å². The smallest absolute Gasteiger partial charge is 0.255 e. The minimum absolute atomic E-state index is 0.0185. The fraction of sp³-hybridized carbons (Fsp3) is 0.652. The van der Waals surface area contributed by atoms with E-state index in [2.05, 4.69) is 5.32 Å². The molecule has 3 aliphatic rings. The zero-order valence-corrected chi connectivity index (χ0v) is 17.5. The van der Waals surface area contributed by atoms with Gasteiger partial charge in [-0.1, -0.05) is 56.7 Å². The third-order valence-electron chi connectivity index (χ3n) is 6.60. The molecule has 2 aliphatic carbocycles. The summed E-state index contributed by atoms with van der Waals surface area (Å²) in [6, 6.07) is 9.44. The highest BCUT2D eigenvalue weighted by Gasteiger charge is 2.45. The van der Waals surface area contributed by atoms with Crippen LogP contribution in [0.4, 0.5) is 0 Å². The van der Waals surface area contributed by atoms with Crippen LogP contribution in [-0.4, -0.2) is 39.9 Å². The first-order valence-electron chi connectivity index (χ1n) is 11.0. The molecule has 2 unspecified atom stereocenters. The number of benzene rings is 1. The number of hydrogen-bond donors (Lipinski definition) is 1. The summed E-state index contributed by atoms with van der Waals surface area (Å²) in [5.41, 5.74) is 0.696. The molecule has 152 valence electrons. The summed E-state index contributed by atoms with van der Waals surface area (Å²) >= 11 is 1.82. The maximum Gasteiger partial charge on any atom is 0.255 e. The second-order valence-corrected chi connectivity index (χ2v) is 9.71. The van der Waals surface area contributed by atoms with E-state index in [1.54, 1.807) is 0 Å². The van der Waals surface area contributed by atoms with E-state index in [0.717, 1.165) is 18.6 Å². The molecule has 1 aromatic carbocycles. The molecule has 0 bridgehead atoms. The largest absolute Gasteiger partial charge is 0.352 e. The van der Waals surface area contributed by atoms with Crippen LogP contribution >= 0.6 is 11.8 Å². The molecule has 4 nitrogen and oxygen atoms in total. The molecular weight excluding hydrogens is 368 g/mol. The van der Waals surface area contributed by atoms with Crippen LogP contribution in [0.3, 0.4) is 0 Å². The lowest BCUT2D eigenvalue weighted by molar-refractivity contribution is -0.126. The third kappa shape index (κ3) is 4.40. The van der Waals surface area contributed by atoms with E-state index < -0.39 is 0 Å². The molecule has 5 heteroatoms. The lowest BCUT2D eigenvalue weighted by Crippen LogP contribution is -2.53. The molecule has 1 aliphatic heterocycles. The summed E-state index contributed by atoms with van der Waals surface area (Å²) < 4.78 is 0. The van der Waals surface area contributed by atoms with Crippen LogP contribution in [-0.2, 0) is 4.79 Å². The predicted octanol–water partition coefficient (Wildman–Crippen LogP) is 4.60. The Labute approximate surface area is 172 Å². The van der Waals surface area contributed by atoms with E-state index in [1.165, 1.54) is 51.4 Å². The van der Waals surface area contributed by atoms with E-state index in [4.69, 9.17) is 0 Å². The normalized spacial score (nSPS) is 26.9. The quantitative estimate of drug-likeness (QED) is 0.804. The molecule has 1 heterocycles. The van der Waals surface area contributed by atoms with E-state index in [9.17, 15) is 9.59 Å². The Morgan fingerprint density at radius 3 is 2.21 bits per heavy atom. The van der Waals surface area contributed by atoms with Gasteiger partial charge in [-0.3, -0.25) is 9.59 Å². The van der Waals surface area contributed by atoms with Crippen molar-refractivity contribution in [2.45, 2.75) is 81.7 Å². The molecule has 0 aromatic heterocycles. The monoisotopic (exact) mass is 400 g/mol. The van der Waals surface area contributed by atoms with Crippen molar-refractivity contribution in [3.05, 3.63) is 35.9 Å². The van der Waals surface area contributed by atoms with Crippen LogP contribution in [0.25, 0.3) is 0 Å². The molecule has 0 spiro atoms. The maximum absolute atomic E-state index is 13.4. The lowest BCUT2D eigenvalue weighted by Gasteiger charge is -2.36. The standard InChI is InChI=1S/C23H32N2O2S/c26-21(24-19-14-8-3-9-15-19)20-16-28-23(18-12-6-2-7-13-18)25(20)22(27)17-10-4-1-5-11-17/h1,4-5,10-11,18-20,23H,2-3,6-9,12-16H2,(H,24,26). The van der Waals surface area contributed by atoms with Crippen LogP contribution in [0.2, 0.25) is 0 Å². The Hall–Kier alpha value is -1.49. The highest BCUT2D eigenvalue weighted by molar-refractivity contribution is 8.00. The van der Waals surface area contributed by atoms with Crippen molar-refractivity contribution < 1.29 is 9.59 Å². The summed E-state index contributed by atoms with van der Waals surface area (Å²) in [7, 11) is 0. The number of carbonyl (C=O) groups excluding carboxylic acids is 2. The summed E-state index contributed by atoms with van der Waals surface area (Å²) in [5, 5.41) is 3.41. The van der Waals surface area contributed by atoms with Crippen LogP contribution in [0.15, 0.2) is 30.3 Å². The topological polar surface area (TPSA) is 49.4 Å². The number of nitrogens with one attached hydrogen (secondary N) is 1. The van der Waals surface area contributed by atoms with Crippen LogP contribution < -0.4 is 5.32 Å². The lowest BCUT2D eigenvalue weighted by atomic mass is 9.88. The molecule has 1 N–H and O–H groups in total. The molecule has 2 atom stereocenters. The highest BCUT2D eigenvalue weighted by Crippen LogP contribution is 2.41. The average Bonchev–Trinajstić information content (AvgIpc) is 3.20. The van der Waals surface area contributed by atoms with Gasteiger partial charge in [0, 0.05) is 17.4 Å². The maximum atomic E-state index is 13.4. The van der Waals surface area contributed by atoms with E-state index >= 15 is 0 Å². The van der Waals surface area contributed by atoms with Gasteiger partial charge in [0.2, 0.25) is 5.91 Å². The molecule has 2 saturated carbocycles. The zero-order valence-electron chi connectivity index (χ0n) is 16.6. The Bertz CT molecular complexity index is 668. The molecule has 4 rings (SSSR count). The summed E-state index contributed by atoms with van der Waals surface area (Å²) in [6.45, 7) is 0. The van der Waals surface area contributed by atoms with Crippen molar-refractivity contribution >= 4 is 23.6 Å². The van der Waals surface area contributed by atoms with E-state index in [-0.39, 0.29) is 29.3 Å². The van der Waals surface area contributed by atoms with Gasteiger partial charge in [0.1, 0.15) is 6.04 Å². The number of rotatable bonds is 4. The Balaban J connectivity index is 1.53. The zero-order chi connectivity index (χ0) is 19.3. The molecule has 1 aromatic rings. The van der Waals surface area contributed by atoms with Crippen molar-refractivity contribution in [1.29, 1.82) is 0 Å². The summed E-state index contributed by atoms with van der Waals surface area (Å²) in [4.78, 5) is 28.5. The SMILES string of the molecule is O=C(NC1CCCCC1)C1CSC(C2CCCCC2)N1C(=O)c1ccccc1. The minimum atomic E-state index is -0.341. The van der Waals surface area contributed by atoms with Crippen molar-refractivity contribution in [3.63, 3.8) is 0 Å². The second kappa shape index (κ2) is 9.34. The third-order valence-corrected chi connectivity index (χ3v) is 8.06. The molecular formula is C23H32N2O2S. The first-order chi connectivity index (χ1) is 13.7. The van der Waals surface area contributed by atoms with Gasteiger partial charge in [-0.15, -0.1) is 11.8 Å². The van der Waals surface area contributed by atoms with Crippen LogP contribution in [0, 0.1) is 5.92 Å². The number of hydrogen-bond acceptors (Lipinski definition) is 3. The first kappa shape index (κ1) is 19.8. The van der Waals surface area contributed by atoms with Crippen molar-refractivity contribution in [2.75, 3.05) is 5.75 Å². The van der Waals surface area contributed by atoms with E-state index in [1.807, 2.05) is 47.0 Å². The van der Waals surface area contributed by atoms with Crippen molar-refractivity contribution in [3.8, 4) is 0 Å². The van der Waals surface area contributed by atoms with Gasteiger partial charge in [0.25, 0.3) is 5.91 Å². The van der Waals surface area contributed by atoms with Gasteiger partial charge in [0.15, 0.2) is 0 Å². The van der Waals surface area contributed by atoms with Crippen molar-refractivity contribution in [1.82, 2.24) is 10.2 Å². The van der Waals surface area contributed by atoms with Gasteiger partial charge in [0.05, 0.1) is 5.37 Å². The second-order valence-electron chi connectivity index (χ2n) is 8.56. The van der Waals surface area contributed by atoms with Crippen LogP contribution in [0.1, 0.15) is 74.6 Å². The average molecular weight is 401 g/mol. The predicted molar refractivity (Wildman–Crippen MR) is 114 cm³/mol. The van der Waals surface area contributed by atoms with Crippen LogP contribution in [0.5, 0.6) is 0 Å². The van der Waals surface area contributed by atoms with Gasteiger partial charge in [-0.2, -0.15) is 0 Å². The van der Waals surface area contributed by atoms with Gasteiger partial charge in [-0.05, 0) is 43.7 Å². The highest BCUT2D eigenvalue weighted by atomic mass is 32.2. The Morgan fingerprint density at radius 1 is 0.893 bits per heavy atom. The number of thioether (sulfide) groups is 1.